The molecule has 18 heavy (non-hydrogen) atoms. The van der Waals surface area contributed by atoms with Gasteiger partial charge in [0.15, 0.2) is 0 Å². The van der Waals surface area contributed by atoms with E-state index < -0.39 is 30.1 Å². The Labute approximate surface area is 105 Å². The molecule has 2 amide bonds. The van der Waals surface area contributed by atoms with Gasteiger partial charge < -0.3 is 20.1 Å². The van der Waals surface area contributed by atoms with Crippen LogP contribution in [0.15, 0.2) is 0 Å². The zero-order valence-electron chi connectivity index (χ0n) is 10.5. The van der Waals surface area contributed by atoms with Crippen LogP contribution in [0.4, 0.5) is 4.79 Å². The van der Waals surface area contributed by atoms with Crippen LogP contribution in [-0.4, -0.2) is 53.2 Å². The van der Waals surface area contributed by atoms with Crippen molar-refractivity contribution in [3.05, 3.63) is 0 Å². The molecule has 2 atom stereocenters. The number of carboxylic acids is 1. The summed E-state index contributed by atoms with van der Waals surface area (Å²) >= 11 is 0. The fourth-order valence-corrected chi connectivity index (χ4v) is 1.86. The van der Waals surface area contributed by atoms with E-state index >= 15 is 0 Å². The Morgan fingerprint density at radius 3 is 2.72 bits per heavy atom. The fraction of sp³-hybridized carbons (Fsp3) is 0.727. The third kappa shape index (κ3) is 3.35. The number of likely N-dealkylation sites (tertiary alicyclic amines) is 1. The highest BCUT2D eigenvalue weighted by Gasteiger charge is 2.34. The Kier molecular flexibility index (Phi) is 4.94. The molecule has 1 heterocycles. The first-order valence-electron chi connectivity index (χ1n) is 5.94. The van der Waals surface area contributed by atoms with Crippen LogP contribution in [0, 0.1) is 0 Å². The standard InChI is InChI=1S/C11H18N2O5/c1-3-18-10(16)7(2)12-11(17)13-6-4-5-8(13)9(14)15/h7-8H,3-6H2,1-2H3,(H,12,17)(H,14,15)/t7?,8-/m0/s1. The van der Waals surface area contributed by atoms with Crippen molar-refractivity contribution in [1.82, 2.24) is 10.2 Å². The van der Waals surface area contributed by atoms with Crippen molar-refractivity contribution in [2.45, 2.75) is 38.8 Å². The second-order valence-corrected chi connectivity index (χ2v) is 4.11. The minimum atomic E-state index is -1.02. The van der Waals surface area contributed by atoms with Crippen LogP contribution in [0.1, 0.15) is 26.7 Å². The van der Waals surface area contributed by atoms with Crippen molar-refractivity contribution >= 4 is 18.0 Å². The number of nitrogens with one attached hydrogen (secondary N) is 1. The largest absolute Gasteiger partial charge is 0.480 e. The van der Waals surface area contributed by atoms with Crippen molar-refractivity contribution in [2.75, 3.05) is 13.2 Å². The van der Waals surface area contributed by atoms with E-state index in [4.69, 9.17) is 9.84 Å². The van der Waals surface area contributed by atoms with E-state index in [1.165, 1.54) is 11.8 Å². The van der Waals surface area contributed by atoms with Crippen LogP contribution in [0.2, 0.25) is 0 Å². The number of carboxylic acid groups (broad SMARTS) is 1. The molecule has 1 aliphatic heterocycles. The second-order valence-electron chi connectivity index (χ2n) is 4.11. The van der Waals surface area contributed by atoms with Crippen LogP contribution >= 0.6 is 0 Å². The molecule has 2 N–H and O–H groups in total. The molecule has 0 aliphatic carbocycles. The van der Waals surface area contributed by atoms with Gasteiger partial charge in [0.25, 0.3) is 0 Å². The van der Waals surface area contributed by atoms with Gasteiger partial charge in [-0.2, -0.15) is 0 Å². The molecule has 0 radical (unpaired) electrons. The number of aliphatic carboxylic acids is 1. The summed E-state index contributed by atoms with van der Waals surface area (Å²) < 4.78 is 4.75. The molecule has 7 heteroatoms. The molecule has 7 nitrogen and oxygen atoms in total. The smallest absolute Gasteiger partial charge is 0.328 e. The zero-order valence-corrected chi connectivity index (χ0v) is 10.5. The van der Waals surface area contributed by atoms with Gasteiger partial charge in [0.2, 0.25) is 0 Å². The van der Waals surface area contributed by atoms with Gasteiger partial charge >= 0.3 is 18.0 Å². The number of esters is 1. The van der Waals surface area contributed by atoms with Crippen LogP contribution in [-0.2, 0) is 14.3 Å². The van der Waals surface area contributed by atoms with Gasteiger partial charge in [0.1, 0.15) is 12.1 Å². The third-order valence-electron chi connectivity index (χ3n) is 2.78. The minimum absolute atomic E-state index is 0.237. The molecule has 1 fully saturated rings. The summed E-state index contributed by atoms with van der Waals surface area (Å²) in [7, 11) is 0. The molecular weight excluding hydrogens is 240 g/mol. The molecule has 0 aromatic carbocycles. The molecule has 0 aromatic rings. The number of carbonyl (C=O) groups excluding carboxylic acids is 2. The highest BCUT2D eigenvalue weighted by atomic mass is 16.5. The van der Waals surface area contributed by atoms with Crippen molar-refractivity contribution in [1.29, 1.82) is 0 Å². The Hall–Kier alpha value is -1.79. The predicted molar refractivity (Wildman–Crippen MR) is 62.0 cm³/mol. The zero-order chi connectivity index (χ0) is 13.7. The van der Waals surface area contributed by atoms with Crippen molar-refractivity contribution in [3.8, 4) is 0 Å². The van der Waals surface area contributed by atoms with Crippen molar-refractivity contribution in [3.63, 3.8) is 0 Å². The third-order valence-corrected chi connectivity index (χ3v) is 2.78. The van der Waals surface area contributed by atoms with E-state index in [1.54, 1.807) is 6.92 Å². The lowest BCUT2D eigenvalue weighted by Gasteiger charge is -2.23. The van der Waals surface area contributed by atoms with Crippen LogP contribution in [0.5, 0.6) is 0 Å². The van der Waals surface area contributed by atoms with E-state index in [0.29, 0.717) is 19.4 Å². The topological polar surface area (TPSA) is 95.9 Å². The summed E-state index contributed by atoms with van der Waals surface area (Å²) in [5.74, 6) is -1.55. The number of hydrogen-bond donors (Lipinski definition) is 2. The van der Waals surface area contributed by atoms with E-state index in [9.17, 15) is 14.4 Å². The maximum Gasteiger partial charge on any atom is 0.328 e. The Morgan fingerprint density at radius 1 is 1.50 bits per heavy atom. The molecule has 1 saturated heterocycles. The lowest BCUT2D eigenvalue weighted by Crippen LogP contribution is -2.50. The maximum absolute atomic E-state index is 11.8. The van der Waals surface area contributed by atoms with Gasteiger partial charge in [-0.15, -0.1) is 0 Å². The van der Waals surface area contributed by atoms with Gasteiger partial charge in [-0.05, 0) is 26.7 Å². The molecular formula is C11H18N2O5. The Morgan fingerprint density at radius 2 is 2.17 bits per heavy atom. The number of amides is 2. The summed E-state index contributed by atoms with van der Waals surface area (Å²) in [5, 5.41) is 11.4. The number of carbonyl (C=O) groups is 3. The lowest BCUT2D eigenvalue weighted by molar-refractivity contribution is -0.144. The first-order chi connectivity index (χ1) is 8.47. The summed E-state index contributed by atoms with van der Waals surface area (Å²) in [4.78, 5) is 35.3. The van der Waals surface area contributed by atoms with E-state index in [0.717, 1.165) is 0 Å². The number of ether oxygens (including phenoxy) is 1. The van der Waals surface area contributed by atoms with E-state index in [1.807, 2.05) is 0 Å². The quantitative estimate of drug-likeness (QED) is 0.702. The molecule has 1 unspecified atom stereocenters. The summed E-state index contributed by atoms with van der Waals surface area (Å²) in [6, 6.07) is -2.13. The van der Waals surface area contributed by atoms with Gasteiger partial charge in [0, 0.05) is 6.54 Å². The first-order valence-corrected chi connectivity index (χ1v) is 5.94. The SMILES string of the molecule is CCOC(=O)C(C)NC(=O)N1CCC[C@H]1C(=O)O. The maximum atomic E-state index is 11.8. The molecule has 1 rings (SSSR count). The summed E-state index contributed by atoms with van der Waals surface area (Å²) in [6.07, 6.45) is 1.09. The van der Waals surface area contributed by atoms with Gasteiger partial charge in [0.05, 0.1) is 6.61 Å². The predicted octanol–water partition coefficient (Wildman–Crippen LogP) is 0.197. The number of urea groups is 1. The monoisotopic (exact) mass is 258 g/mol. The fourth-order valence-electron chi connectivity index (χ4n) is 1.86. The van der Waals surface area contributed by atoms with Gasteiger partial charge in [-0.25, -0.2) is 14.4 Å². The number of nitrogens with zero attached hydrogens (tertiary/aromatic N) is 1. The molecule has 0 saturated carbocycles. The van der Waals surface area contributed by atoms with Gasteiger partial charge in [-0.1, -0.05) is 0 Å². The van der Waals surface area contributed by atoms with E-state index in [-0.39, 0.29) is 6.61 Å². The summed E-state index contributed by atoms with van der Waals surface area (Å²) in [5.41, 5.74) is 0. The molecule has 1 aliphatic rings. The number of hydrogen-bond acceptors (Lipinski definition) is 4. The van der Waals surface area contributed by atoms with Crippen LogP contribution in [0.3, 0.4) is 0 Å². The second kappa shape index (κ2) is 6.23. The molecule has 0 bridgehead atoms. The van der Waals surface area contributed by atoms with E-state index in [2.05, 4.69) is 5.32 Å². The summed E-state index contributed by atoms with van der Waals surface area (Å²) in [6.45, 7) is 3.80. The molecule has 102 valence electrons. The molecule has 0 aromatic heterocycles. The highest BCUT2D eigenvalue weighted by molar-refractivity contribution is 5.86. The van der Waals surface area contributed by atoms with Crippen molar-refractivity contribution in [2.24, 2.45) is 0 Å². The van der Waals surface area contributed by atoms with Crippen LogP contribution < -0.4 is 5.32 Å². The lowest BCUT2D eigenvalue weighted by atomic mass is 10.2. The normalized spacial score (nSPS) is 20.3. The first kappa shape index (κ1) is 14.3. The average molecular weight is 258 g/mol. The molecule has 0 spiro atoms. The van der Waals surface area contributed by atoms with Crippen LogP contribution in [0.25, 0.3) is 0 Å². The Bertz CT molecular complexity index is 344. The average Bonchev–Trinajstić information content (AvgIpc) is 2.78. The Balaban J connectivity index is 2.54. The number of rotatable bonds is 4. The van der Waals surface area contributed by atoms with Crippen molar-refractivity contribution < 1.29 is 24.2 Å². The highest BCUT2D eigenvalue weighted by Crippen LogP contribution is 2.17. The van der Waals surface area contributed by atoms with Gasteiger partial charge in [-0.3, -0.25) is 0 Å². The minimum Gasteiger partial charge on any atom is -0.480 e.